The van der Waals surface area contributed by atoms with Crippen molar-refractivity contribution in [3.63, 3.8) is 0 Å². The van der Waals surface area contributed by atoms with Crippen LogP contribution in [0.4, 0.5) is 0 Å². The Morgan fingerprint density at radius 2 is 2.18 bits per heavy atom. The van der Waals surface area contributed by atoms with Gasteiger partial charge in [0.25, 0.3) is 0 Å². The van der Waals surface area contributed by atoms with Crippen molar-refractivity contribution in [1.82, 2.24) is 10.2 Å². The van der Waals surface area contributed by atoms with Crippen LogP contribution in [0.15, 0.2) is 0 Å². The molecule has 1 rings (SSSR count). The quantitative estimate of drug-likeness (QED) is 0.758. The molecule has 0 aliphatic heterocycles. The topological polar surface area (TPSA) is 58.4 Å². The average Bonchev–Trinajstić information content (AvgIpc) is 2.29. The molecule has 100 valence electrons. The van der Waals surface area contributed by atoms with Gasteiger partial charge >= 0.3 is 0 Å². The molecule has 3 N–H and O–H groups in total. The first kappa shape index (κ1) is 14.5. The molecular weight excluding hydrogens is 214 g/mol. The van der Waals surface area contributed by atoms with Crippen molar-refractivity contribution in [3.8, 4) is 0 Å². The third kappa shape index (κ3) is 4.64. The summed E-state index contributed by atoms with van der Waals surface area (Å²) in [5.74, 6) is 0.0243. The van der Waals surface area contributed by atoms with Gasteiger partial charge in [-0.1, -0.05) is 13.3 Å². The molecule has 0 saturated heterocycles. The fourth-order valence-electron chi connectivity index (χ4n) is 2.51. The SMILES string of the molecule is CCCC(N)C(=O)NC1CCCC(N(C)C)C1. The lowest BCUT2D eigenvalue weighted by Gasteiger charge is -2.34. The van der Waals surface area contributed by atoms with E-state index in [9.17, 15) is 4.79 Å². The lowest BCUT2D eigenvalue weighted by atomic mass is 9.90. The number of hydrogen-bond acceptors (Lipinski definition) is 3. The number of carbonyl (C=O) groups is 1. The van der Waals surface area contributed by atoms with E-state index in [-0.39, 0.29) is 11.9 Å². The first-order valence-corrected chi connectivity index (χ1v) is 6.77. The summed E-state index contributed by atoms with van der Waals surface area (Å²) in [7, 11) is 4.22. The van der Waals surface area contributed by atoms with Crippen LogP contribution in [0.5, 0.6) is 0 Å². The smallest absolute Gasteiger partial charge is 0.237 e. The predicted octanol–water partition coefficient (Wildman–Crippen LogP) is 1.10. The van der Waals surface area contributed by atoms with E-state index in [1.54, 1.807) is 0 Å². The summed E-state index contributed by atoms with van der Waals surface area (Å²) >= 11 is 0. The van der Waals surface area contributed by atoms with Crippen LogP contribution in [0.1, 0.15) is 45.4 Å². The van der Waals surface area contributed by atoms with Crippen LogP contribution in [-0.4, -0.2) is 43.0 Å². The largest absolute Gasteiger partial charge is 0.352 e. The van der Waals surface area contributed by atoms with Crippen LogP contribution >= 0.6 is 0 Å². The molecule has 4 heteroatoms. The number of amides is 1. The Morgan fingerprint density at radius 1 is 1.47 bits per heavy atom. The van der Waals surface area contributed by atoms with Gasteiger partial charge in [0, 0.05) is 12.1 Å². The zero-order valence-corrected chi connectivity index (χ0v) is 11.4. The Labute approximate surface area is 105 Å². The van der Waals surface area contributed by atoms with Crippen LogP contribution in [-0.2, 0) is 4.79 Å². The average molecular weight is 241 g/mol. The molecule has 1 saturated carbocycles. The van der Waals surface area contributed by atoms with Crippen LogP contribution in [0, 0.1) is 0 Å². The van der Waals surface area contributed by atoms with Crippen LogP contribution in [0.2, 0.25) is 0 Å². The summed E-state index contributed by atoms with van der Waals surface area (Å²) in [4.78, 5) is 14.1. The van der Waals surface area contributed by atoms with Crippen LogP contribution in [0.25, 0.3) is 0 Å². The summed E-state index contributed by atoms with van der Waals surface area (Å²) in [5, 5.41) is 3.10. The highest BCUT2D eigenvalue weighted by Crippen LogP contribution is 2.21. The minimum Gasteiger partial charge on any atom is -0.352 e. The molecule has 1 fully saturated rings. The second kappa shape index (κ2) is 6.97. The molecule has 3 atom stereocenters. The normalized spacial score (nSPS) is 26.9. The van der Waals surface area contributed by atoms with E-state index in [2.05, 4.69) is 31.2 Å². The molecule has 4 nitrogen and oxygen atoms in total. The molecule has 1 aliphatic rings. The number of nitrogens with one attached hydrogen (secondary N) is 1. The van der Waals surface area contributed by atoms with Gasteiger partial charge in [-0.3, -0.25) is 4.79 Å². The molecule has 0 spiro atoms. The van der Waals surface area contributed by atoms with E-state index >= 15 is 0 Å². The lowest BCUT2D eigenvalue weighted by Crippen LogP contribution is -2.49. The Hall–Kier alpha value is -0.610. The maximum atomic E-state index is 11.8. The number of rotatable bonds is 5. The number of hydrogen-bond donors (Lipinski definition) is 2. The lowest BCUT2D eigenvalue weighted by molar-refractivity contribution is -0.123. The van der Waals surface area contributed by atoms with Gasteiger partial charge in [0.15, 0.2) is 0 Å². The highest BCUT2D eigenvalue weighted by atomic mass is 16.2. The predicted molar refractivity (Wildman–Crippen MR) is 70.8 cm³/mol. The van der Waals surface area contributed by atoms with E-state index in [0.717, 1.165) is 25.7 Å². The molecule has 0 aromatic carbocycles. The van der Waals surface area contributed by atoms with Crippen molar-refractivity contribution < 1.29 is 4.79 Å². The fraction of sp³-hybridized carbons (Fsp3) is 0.923. The van der Waals surface area contributed by atoms with Gasteiger partial charge in [0.05, 0.1) is 6.04 Å². The first-order valence-electron chi connectivity index (χ1n) is 6.77. The number of nitrogens with zero attached hydrogens (tertiary/aromatic N) is 1. The maximum absolute atomic E-state index is 11.8. The molecule has 1 amide bonds. The molecule has 1 aliphatic carbocycles. The molecule has 0 radical (unpaired) electrons. The van der Waals surface area contributed by atoms with E-state index in [4.69, 9.17) is 5.73 Å². The van der Waals surface area contributed by atoms with E-state index in [1.807, 2.05) is 0 Å². The maximum Gasteiger partial charge on any atom is 0.237 e. The van der Waals surface area contributed by atoms with Crippen molar-refractivity contribution >= 4 is 5.91 Å². The molecule has 3 unspecified atom stereocenters. The monoisotopic (exact) mass is 241 g/mol. The second-order valence-corrected chi connectivity index (χ2v) is 5.38. The first-order chi connectivity index (χ1) is 8.04. The van der Waals surface area contributed by atoms with Crippen LogP contribution < -0.4 is 11.1 Å². The van der Waals surface area contributed by atoms with Gasteiger partial charge in [-0.25, -0.2) is 0 Å². The standard InChI is InChI=1S/C13H27N3O/c1-4-6-12(14)13(17)15-10-7-5-8-11(9-10)16(2)3/h10-12H,4-9,14H2,1-3H3,(H,15,17). The van der Waals surface area contributed by atoms with E-state index < -0.39 is 0 Å². The second-order valence-electron chi connectivity index (χ2n) is 5.38. The molecule has 0 bridgehead atoms. The highest BCUT2D eigenvalue weighted by molar-refractivity contribution is 5.81. The molecule has 0 aromatic rings. The van der Waals surface area contributed by atoms with Gasteiger partial charge in [0.2, 0.25) is 5.91 Å². The van der Waals surface area contributed by atoms with Crippen molar-refractivity contribution in [2.24, 2.45) is 5.73 Å². The Kier molecular flexibility index (Phi) is 5.92. The van der Waals surface area contributed by atoms with Crippen molar-refractivity contribution in [3.05, 3.63) is 0 Å². The highest BCUT2D eigenvalue weighted by Gasteiger charge is 2.25. The number of carbonyl (C=O) groups excluding carboxylic acids is 1. The van der Waals surface area contributed by atoms with Crippen molar-refractivity contribution in [2.75, 3.05) is 14.1 Å². The Bertz CT molecular complexity index is 243. The zero-order chi connectivity index (χ0) is 12.8. The summed E-state index contributed by atoms with van der Waals surface area (Å²) in [6, 6.07) is 0.572. The Balaban J connectivity index is 2.38. The van der Waals surface area contributed by atoms with Gasteiger partial charge in [0.1, 0.15) is 0 Å². The fourth-order valence-corrected chi connectivity index (χ4v) is 2.51. The van der Waals surface area contributed by atoms with Crippen LogP contribution in [0.3, 0.4) is 0 Å². The zero-order valence-electron chi connectivity index (χ0n) is 11.4. The van der Waals surface area contributed by atoms with E-state index in [1.165, 1.54) is 12.8 Å². The van der Waals surface area contributed by atoms with Gasteiger partial charge < -0.3 is 16.0 Å². The van der Waals surface area contributed by atoms with Gasteiger partial charge in [-0.15, -0.1) is 0 Å². The molecule has 0 heterocycles. The summed E-state index contributed by atoms with van der Waals surface area (Å²) < 4.78 is 0. The summed E-state index contributed by atoms with van der Waals surface area (Å²) in [6.07, 6.45) is 6.30. The van der Waals surface area contributed by atoms with Gasteiger partial charge in [-0.05, 0) is 46.2 Å². The van der Waals surface area contributed by atoms with E-state index in [0.29, 0.717) is 12.1 Å². The van der Waals surface area contributed by atoms with Gasteiger partial charge in [-0.2, -0.15) is 0 Å². The summed E-state index contributed by atoms with van der Waals surface area (Å²) in [5.41, 5.74) is 5.82. The molecule has 17 heavy (non-hydrogen) atoms. The summed E-state index contributed by atoms with van der Waals surface area (Å²) in [6.45, 7) is 2.05. The number of nitrogens with two attached hydrogens (primary N) is 1. The van der Waals surface area contributed by atoms with Crippen molar-refractivity contribution in [1.29, 1.82) is 0 Å². The minimum atomic E-state index is -0.334. The third-order valence-electron chi connectivity index (χ3n) is 3.66. The third-order valence-corrected chi connectivity index (χ3v) is 3.66. The molecular formula is C13H27N3O. The molecule has 0 aromatic heterocycles. The van der Waals surface area contributed by atoms with Crippen molar-refractivity contribution in [2.45, 2.75) is 63.6 Å². The Morgan fingerprint density at radius 3 is 2.76 bits per heavy atom. The minimum absolute atomic E-state index is 0.0243.